The van der Waals surface area contributed by atoms with Gasteiger partial charge < -0.3 is 27.4 Å². The van der Waals surface area contributed by atoms with E-state index in [0.29, 0.717) is 55.0 Å². The zero-order valence-electron chi connectivity index (χ0n) is 22.0. The Balaban J connectivity index is 1.44. The van der Waals surface area contributed by atoms with Crippen molar-refractivity contribution in [1.29, 1.82) is 0 Å². The van der Waals surface area contributed by atoms with Crippen LogP contribution in [0.25, 0.3) is 10.8 Å². The Morgan fingerprint density at radius 3 is 2.67 bits per heavy atom. The minimum atomic E-state index is -0.474. The Bertz CT molecular complexity index is 1370. The van der Waals surface area contributed by atoms with E-state index in [2.05, 4.69) is 15.3 Å². The minimum absolute atomic E-state index is 0.0353. The van der Waals surface area contributed by atoms with Crippen LogP contribution in [-0.4, -0.2) is 59.6 Å². The van der Waals surface area contributed by atoms with E-state index < -0.39 is 5.92 Å². The number of hydrogen-bond donors (Lipinski definition) is 4. The number of carbonyl (C=O) groups is 3. The first-order chi connectivity index (χ1) is 18.8. The van der Waals surface area contributed by atoms with Crippen LogP contribution in [0.1, 0.15) is 64.0 Å². The van der Waals surface area contributed by atoms with Crippen LogP contribution in [0.5, 0.6) is 0 Å². The molecule has 206 valence electrons. The molecule has 0 unspecified atom stereocenters. The SMILES string of the molecule is CNC(=O)[C@H](CCCCN=C(N)N)CC(=O)c1csc([C@@H]2C[C@@H](N)CN2C(=O)c2ccc3ccccc3c2)n1. The Labute approximate surface area is 231 Å². The summed E-state index contributed by atoms with van der Waals surface area (Å²) in [5.74, 6) is -0.937. The Morgan fingerprint density at radius 2 is 1.92 bits per heavy atom. The number of amides is 2. The van der Waals surface area contributed by atoms with Crippen molar-refractivity contribution in [3.05, 3.63) is 64.1 Å². The van der Waals surface area contributed by atoms with E-state index in [1.807, 2.05) is 42.5 Å². The number of rotatable bonds is 11. The maximum Gasteiger partial charge on any atom is 0.254 e. The number of thiazole rings is 1. The van der Waals surface area contributed by atoms with Crippen LogP contribution in [0.4, 0.5) is 0 Å². The molecule has 3 atom stereocenters. The van der Waals surface area contributed by atoms with Crippen LogP contribution in [0.2, 0.25) is 0 Å². The van der Waals surface area contributed by atoms with Gasteiger partial charge in [0, 0.05) is 49.5 Å². The molecule has 0 aliphatic carbocycles. The van der Waals surface area contributed by atoms with Gasteiger partial charge >= 0.3 is 0 Å². The predicted molar refractivity (Wildman–Crippen MR) is 153 cm³/mol. The predicted octanol–water partition coefficient (Wildman–Crippen LogP) is 2.59. The van der Waals surface area contributed by atoms with Gasteiger partial charge in [-0.2, -0.15) is 0 Å². The number of likely N-dealkylation sites (tertiary alicyclic amines) is 1. The third-order valence-electron chi connectivity index (χ3n) is 6.99. The lowest BCUT2D eigenvalue weighted by Crippen LogP contribution is -2.33. The lowest BCUT2D eigenvalue weighted by molar-refractivity contribution is -0.124. The molecule has 4 rings (SSSR count). The molecular weight excluding hydrogens is 514 g/mol. The number of nitrogens with one attached hydrogen (secondary N) is 1. The maximum atomic E-state index is 13.5. The van der Waals surface area contributed by atoms with E-state index in [1.165, 1.54) is 11.3 Å². The largest absolute Gasteiger partial charge is 0.370 e. The van der Waals surface area contributed by atoms with Crippen LogP contribution in [0, 0.1) is 5.92 Å². The summed E-state index contributed by atoms with van der Waals surface area (Å²) < 4.78 is 0. The third-order valence-corrected chi connectivity index (χ3v) is 7.93. The number of nitrogens with zero attached hydrogens (tertiary/aromatic N) is 3. The number of Topliss-reactive ketones (excluding diaryl/α,β-unsaturated/α-hetero) is 1. The van der Waals surface area contributed by atoms with E-state index in [0.717, 1.165) is 10.8 Å². The van der Waals surface area contributed by atoms with Crippen molar-refractivity contribution < 1.29 is 14.4 Å². The van der Waals surface area contributed by atoms with Crippen molar-refractivity contribution in [3.63, 3.8) is 0 Å². The number of carbonyl (C=O) groups excluding carboxylic acids is 3. The van der Waals surface area contributed by atoms with Crippen LogP contribution >= 0.6 is 11.3 Å². The van der Waals surface area contributed by atoms with Crippen LogP contribution in [0.3, 0.4) is 0 Å². The van der Waals surface area contributed by atoms with Gasteiger partial charge in [-0.05, 0) is 42.2 Å². The summed E-state index contributed by atoms with van der Waals surface area (Å²) in [5.41, 5.74) is 17.9. The molecule has 0 radical (unpaired) electrons. The summed E-state index contributed by atoms with van der Waals surface area (Å²) in [5, 5.41) is 7.09. The van der Waals surface area contributed by atoms with Gasteiger partial charge in [0.2, 0.25) is 5.91 Å². The van der Waals surface area contributed by atoms with E-state index in [-0.39, 0.29) is 42.1 Å². The van der Waals surface area contributed by atoms with E-state index in [1.54, 1.807) is 17.3 Å². The summed E-state index contributed by atoms with van der Waals surface area (Å²) in [4.78, 5) is 49.4. The highest BCUT2D eigenvalue weighted by Gasteiger charge is 2.37. The summed E-state index contributed by atoms with van der Waals surface area (Å²) >= 11 is 1.34. The molecule has 10 nitrogen and oxygen atoms in total. The minimum Gasteiger partial charge on any atom is -0.370 e. The molecule has 0 spiro atoms. The van der Waals surface area contributed by atoms with Crippen molar-refractivity contribution in [2.75, 3.05) is 20.1 Å². The number of aliphatic imine (C=N–C) groups is 1. The molecule has 1 fully saturated rings. The van der Waals surface area contributed by atoms with Gasteiger partial charge in [0.25, 0.3) is 5.91 Å². The summed E-state index contributed by atoms with van der Waals surface area (Å²) in [6, 6.07) is 13.1. The van der Waals surface area contributed by atoms with Gasteiger partial charge in [-0.15, -0.1) is 11.3 Å². The van der Waals surface area contributed by atoms with Crippen molar-refractivity contribution in [2.24, 2.45) is 28.1 Å². The first kappa shape index (κ1) is 28.2. The molecule has 3 aromatic rings. The second-order valence-corrected chi connectivity index (χ2v) is 10.7. The smallest absolute Gasteiger partial charge is 0.254 e. The highest BCUT2D eigenvalue weighted by molar-refractivity contribution is 7.09. The van der Waals surface area contributed by atoms with Gasteiger partial charge in [-0.25, -0.2) is 4.98 Å². The van der Waals surface area contributed by atoms with Gasteiger partial charge in [0.1, 0.15) is 10.7 Å². The molecule has 0 saturated carbocycles. The Hall–Kier alpha value is -3.83. The Kier molecular flexibility index (Phi) is 9.26. The number of nitrogens with two attached hydrogens (primary N) is 3. The number of hydrogen-bond acceptors (Lipinski definition) is 7. The molecule has 2 amide bonds. The second kappa shape index (κ2) is 12.8. The number of guanidine groups is 1. The molecule has 0 bridgehead atoms. The lowest BCUT2D eigenvalue weighted by Gasteiger charge is -2.23. The number of fused-ring (bicyclic) bond motifs is 1. The molecule has 1 aliphatic heterocycles. The molecule has 1 saturated heterocycles. The Morgan fingerprint density at radius 1 is 1.15 bits per heavy atom. The molecule has 2 aromatic carbocycles. The van der Waals surface area contributed by atoms with Crippen molar-refractivity contribution in [1.82, 2.24) is 15.2 Å². The zero-order valence-corrected chi connectivity index (χ0v) is 22.8. The van der Waals surface area contributed by atoms with Gasteiger partial charge in [0.15, 0.2) is 11.7 Å². The first-order valence-electron chi connectivity index (χ1n) is 13.1. The standard InChI is InChI=1S/C28H35N7O3S/c1-32-25(37)19(8-4-5-11-33-28(30)31)13-24(36)22-16-39-26(34-22)23-14-21(29)15-35(23)27(38)20-10-9-17-6-2-3-7-18(17)12-20/h2-3,6-7,9-10,12,16,19,21,23H,4-5,8,11,13-15,29H2,1H3,(H,32,37)(H4,30,31,33)/t19-,21-,23+/m1/s1. The van der Waals surface area contributed by atoms with E-state index in [4.69, 9.17) is 17.2 Å². The maximum absolute atomic E-state index is 13.5. The molecule has 11 heteroatoms. The van der Waals surface area contributed by atoms with Crippen LogP contribution in [0.15, 0.2) is 52.8 Å². The number of benzene rings is 2. The fourth-order valence-electron chi connectivity index (χ4n) is 4.95. The molecule has 1 aromatic heterocycles. The summed E-state index contributed by atoms with van der Waals surface area (Å²) in [6.45, 7) is 0.891. The fourth-order valence-corrected chi connectivity index (χ4v) is 5.90. The summed E-state index contributed by atoms with van der Waals surface area (Å²) in [7, 11) is 1.56. The molecule has 2 heterocycles. The quantitative estimate of drug-likeness (QED) is 0.123. The van der Waals surface area contributed by atoms with Gasteiger partial charge in [0.05, 0.1) is 6.04 Å². The monoisotopic (exact) mass is 549 g/mol. The van der Waals surface area contributed by atoms with Gasteiger partial charge in [-0.3, -0.25) is 19.4 Å². The lowest BCUT2D eigenvalue weighted by atomic mass is 9.94. The van der Waals surface area contributed by atoms with Crippen molar-refractivity contribution in [2.45, 2.75) is 44.2 Å². The third kappa shape index (κ3) is 6.98. The molecular formula is C28H35N7O3S. The first-order valence-corrected chi connectivity index (χ1v) is 14.0. The molecule has 7 N–H and O–H groups in total. The topological polar surface area (TPSA) is 170 Å². The van der Waals surface area contributed by atoms with E-state index in [9.17, 15) is 14.4 Å². The number of unbranched alkanes of at least 4 members (excludes halogenated alkanes) is 1. The van der Waals surface area contributed by atoms with Crippen LogP contribution in [-0.2, 0) is 4.79 Å². The number of aromatic nitrogens is 1. The number of ketones is 1. The fraction of sp³-hybridized carbons (Fsp3) is 0.393. The average molecular weight is 550 g/mol. The second-order valence-electron chi connectivity index (χ2n) is 9.84. The van der Waals surface area contributed by atoms with E-state index >= 15 is 0 Å². The van der Waals surface area contributed by atoms with Gasteiger partial charge in [-0.1, -0.05) is 36.8 Å². The normalized spacial score (nSPS) is 17.6. The molecule has 1 aliphatic rings. The molecule has 39 heavy (non-hydrogen) atoms. The highest BCUT2D eigenvalue weighted by atomic mass is 32.1. The van der Waals surface area contributed by atoms with Crippen molar-refractivity contribution in [3.8, 4) is 0 Å². The van der Waals surface area contributed by atoms with Crippen LogP contribution < -0.4 is 22.5 Å². The van der Waals surface area contributed by atoms with Crippen molar-refractivity contribution >= 4 is 45.7 Å². The highest BCUT2D eigenvalue weighted by Crippen LogP contribution is 2.35. The average Bonchev–Trinajstić information content (AvgIpc) is 3.58. The zero-order chi connectivity index (χ0) is 27.9. The summed E-state index contributed by atoms with van der Waals surface area (Å²) in [6.07, 6.45) is 2.57.